The molecule has 0 heterocycles. The van der Waals surface area contributed by atoms with Crippen molar-refractivity contribution < 1.29 is 4.79 Å². The van der Waals surface area contributed by atoms with Crippen LogP contribution in [0.2, 0.25) is 0 Å². The smallest absolute Gasteiger partial charge is 0.219 e. The summed E-state index contributed by atoms with van der Waals surface area (Å²) >= 11 is 4.19. The number of hydrogen-bond acceptors (Lipinski definition) is 2. The highest BCUT2D eigenvalue weighted by atomic mass is 32.1. The van der Waals surface area contributed by atoms with E-state index in [1.54, 1.807) is 0 Å². The SMILES string of the molecule is O=C(CCCCCCCS)NCCCc1ccccc1. The third-order valence-electron chi connectivity index (χ3n) is 3.37. The maximum atomic E-state index is 11.6. The maximum absolute atomic E-state index is 11.6. The van der Waals surface area contributed by atoms with Crippen molar-refractivity contribution in [2.75, 3.05) is 12.3 Å². The topological polar surface area (TPSA) is 29.1 Å². The fraction of sp³-hybridized carbons (Fsp3) is 0.588. The van der Waals surface area contributed by atoms with E-state index in [0.717, 1.165) is 38.0 Å². The van der Waals surface area contributed by atoms with Crippen LogP contribution in [0.1, 0.15) is 50.5 Å². The van der Waals surface area contributed by atoms with Gasteiger partial charge in [-0.05, 0) is 37.0 Å². The molecule has 0 radical (unpaired) electrons. The van der Waals surface area contributed by atoms with Crippen LogP contribution < -0.4 is 5.32 Å². The Morgan fingerprint density at radius 2 is 1.65 bits per heavy atom. The second-order valence-electron chi connectivity index (χ2n) is 5.18. The first-order chi connectivity index (χ1) is 9.83. The maximum Gasteiger partial charge on any atom is 0.219 e. The highest BCUT2D eigenvalue weighted by Crippen LogP contribution is 2.06. The zero-order chi connectivity index (χ0) is 14.5. The lowest BCUT2D eigenvalue weighted by Gasteiger charge is -2.05. The molecule has 0 saturated heterocycles. The van der Waals surface area contributed by atoms with Gasteiger partial charge in [-0.25, -0.2) is 0 Å². The molecule has 1 N–H and O–H groups in total. The quantitative estimate of drug-likeness (QED) is 0.468. The molecule has 2 nitrogen and oxygen atoms in total. The Hall–Kier alpha value is -0.960. The molecule has 0 aliphatic carbocycles. The summed E-state index contributed by atoms with van der Waals surface area (Å²) in [7, 11) is 0. The summed E-state index contributed by atoms with van der Waals surface area (Å²) in [6, 6.07) is 10.4. The molecule has 0 aromatic heterocycles. The lowest BCUT2D eigenvalue weighted by Crippen LogP contribution is -2.24. The molecule has 0 aliphatic heterocycles. The summed E-state index contributed by atoms with van der Waals surface area (Å²) in [5, 5.41) is 3.00. The molecule has 3 heteroatoms. The van der Waals surface area contributed by atoms with Crippen LogP contribution in [0, 0.1) is 0 Å². The number of benzene rings is 1. The molecule has 20 heavy (non-hydrogen) atoms. The minimum absolute atomic E-state index is 0.201. The van der Waals surface area contributed by atoms with Gasteiger partial charge >= 0.3 is 0 Å². The van der Waals surface area contributed by atoms with Crippen molar-refractivity contribution in [3.05, 3.63) is 35.9 Å². The molecule has 1 aromatic rings. The summed E-state index contributed by atoms with van der Waals surface area (Å²) in [5.41, 5.74) is 1.34. The lowest BCUT2D eigenvalue weighted by atomic mass is 10.1. The van der Waals surface area contributed by atoms with Gasteiger partial charge in [-0.3, -0.25) is 4.79 Å². The van der Waals surface area contributed by atoms with E-state index in [0.29, 0.717) is 6.42 Å². The van der Waals surface area contributed by atoms with Crippen LogP contribution in [0.25, 0.3) is 0 Å². The summed E-state index contributed by atoms with van der Waals surface area (Å²) < 4.78 is 0. The van der Waals surface area contributed by atoms with E-state index in [4.69, 9.17) is 0 Å². The number of carbonyl (C=O) groups excluding carboxylic acids is 1. The average molecular weight is 293 g/mol. The Balaban J connectivity index is 1.92. The van der Waals surface area contributed by atoms with Gasteiger partial charge in [-0.2, -0.15) is 12.6 Å². The molecule has 0 aliphatic rings. The molecule has 1 aromatic carbocycles. The van der Waals surface area contributed by atoms with Crippen molar-refractivity contribution in [2.45, 2.75) is 51.4 Å². The Labute approximate surface area is 128 Å². The number of nitrogens with one attached hydrogen (secondary N) is 1. The molecule has 1 amide bonds. The van der Waals surface area contributed by atoms with Crippen LogP contribution >= 0.6 is 12.6 Å². The zero-order valence-corrected chi connectivity index (χ0v) is 13.2. The number of aryl methyl sites for hydroxylation is 1. The summed E-state index contributed by atoms with van der Waals surface area (Å²) in [5.74, 6) is 1.18. The number of hydrogen-bond donors (Lipinski definition) is 2. The van der Waals surface area contributed by atoms with Crippen molar-refractivity contribution >= 4 is 18.5 Å². The van der Waals surface area contributed by atoms with E-state index in [1.807, 2.05) is 6.07 Å². The monoisotopic (exact) mass is 293 g/mol. The number of amides is 1. The van der Waals surface area contributed by atoms with Crippen LogP contribution in [0.3, 0.4) is 0 Å². The van der Waals surface area contributed by atoms with E-state index in [1.165, 1.54) is 24.8 Å². The number of rotatable bonds is 11. The largest absolute Gasteiger partial charge is 0.356 e. The van der Waals surface area contributed by atoms with E-state index in [9.17, 15) is 4.79 Å². The first-order valence-corrected chi connectivity index (χ1v) is 8.37. The van der Waals surface area contributed by atoms with Crippen LogP contribution in [0.4, 0.5) is 0 Å². The van der Waals surface area contributed by atoms with Crippen LogP contribution in [0.5, 0.6) is 0 Å². The fourth-order valence-electron chi connectivity index (χ4n) is 2.18. The predicted molar refractivity (Wildman–Crippen MR) is 89.3 cm³/mol. The molecule has 1 rings (SSSR count). The molecular formula is C17H27NOS. The van der Waals surface area contributed by atoms with Gasteiger partial charge in [0, 0.05) is 13.0 Å². The second-order valence-corrected chi connectivity index (χ2v) is 5.63. The molecule has 0 bridgehead atoms. The Morgan fingerprint density at radius 3 is 2.40 bits per heavy atom. The van der Waals surface area contributed by atoms with Crippen molar-refractivity contribution in [2.24, 2.45) is 0 Å². The minimum atomic E-state index is 0.201. The van der Waals surface area contributed by atoms with Gasteiger partial charge in [0.2, 0.25) is 5.91 Å². The predicted octanol–water partition coefficient (Wildman–Crippen LogP) is 4.01. The van der Waals surface area contributed by atoms with Crippen LogP contribution in [0.15, 0.2) is 30.3 Å². The molecule has 112 valence electrons. The van der Waals surface area contributed by atoms with E-state index in [-0.39, 0.29) is 5.91 Å². The van der Waals surface area contributed by atoms with Gasteiger partial charge in [-0.15, -0.1) is 0 Å². The van der Waals surface area contributed by atoms with Crippen molar-refractivity contribution in [1.29, 1.82) is 0 Å². The molecular weight excluding hydrogens is 266 g/mol. The van der Waals surface area contributed by atoms with Crippen LogP contribution in [-0.4, -0.2) is 18.2 Å². The van der Waals surface area contributed by atoms with Gasteiger partial charge in [0.15, 0.2) is 0 Å². The Morgan fingerprint density at radius 1 is 0.950 bits per heavy atom. The molecule has 0 atom stereocenters. The normalized spacial score (nSPS) is 10.4. The zero-order valence-electron chi connectivity index (χ0n) is 12.3. The average Bonchev–Trinajstić information content (AvgIpc) is 2.48. The van der Waals surface area contributed by atoms with Gasteiger partial charge in [0.1, 0.15) is 0 Å². The first-order valence-electron chi connectivity index (χ1n) is 7.74. The van der Waals surface area contributed by atoms with Crippen molar-refractivity contribution in [3.8, 4) is 0 Å². The molecule has 0 spiro atoms. The van der Waals surface area contributed by atoms with Crippen molar-refractivity contribution in [1.82, 2.24) is 5.32 Å². The highest BCUT2D eigenvalue weighted by molar-refractivity contribution is 7.80. The lowest BCUT2D eigenvalue weighted by molar-refractivity contribution is -0.121. The number of unbranched alkanes of at least 4 members (excludes halogenated alkanes) is 4. The fourth-order valence-corrected chi connectivity index (χ4v) is 2.40. The molecule has 0 unspecified atom stereocenters. The number of carbonyl (C=O) groups is 1. The van der Waals surface area contributed by atoms with E-state index >= 15 is 0 Å². The number of thiol groups is 1. The van der Waals surface area contributed by atoms with Gasteiger partial charge in [0.25, 0.3) is 0 Å². The van der Waals surface area contributed by atoms with Gasteiger partial charge in [0.05, 0.1) is 0 Å². The minimum Gasteiger partial charge on any atom is -0.356 e. The third-order valence-corrected chi connectivity index (χ3v) is 3.69. The van der Waals surface area contributed by atoms with Gasteiger partial charge in [-0.1, -0.05) is 49.6 Å². The molecule has 0 saturated carbocycles. The summed E-state index contributed by atoms with van der Waals surface area (Å²) in [6.07, 6.45) is 8.54. The summed E-state index contributed by atoms with van der Waals surface area (Å²) in [6.45, 7) is 0.785. The summed E-state index contributed by atoms with van der Waals surface area (Å²) in [4.78, 5) is 11.6. The highest BCUT2D eigenvalue weighted by Gasteiger charge is 2.00. The Bertz CT molecular complexity index is 353. The van der Waals surface area contributed by atoms with E-state index < -0.39 is 0 Å². The van der Waals surface area contributed by atoms with Crippen molar-refractivity contribution in [3.63, 3.8) is 0 Å². The van der Waals surface area contributed by atoms with E-state index in [2.05, 4.69) is 42.2 Å². The second kappa shape index (κ2) is 11.8. The third kappa shape index (κ3) is 9.03. The first kappa shape index (κ1) is 17.1. The van der Waals surface area contributed by atoms with Crippen LogP contribution in [-0.2, 0) is 11.2 Å². The Kier molecular flexibility index (Phi) is 10.1. The molecule has 0 fully saturated rings. The standard InChI is InChI=1S/C17H27NOS/c19-17(13-7-2-1-3-8-15-20)18-14-9-12-16-10-5-4-6-11-16/h4-6,10-11,20H,1-3,7-9,12-15H2,(H,18,19). The van der Waals surface area contributed by atoms with Gasteiger partial charge < -0.3 is 5.32 Å².